The van der Waals surface area contributed by atoms with E-state index in [1.165, 1.54) is 22.9 Å². The number of aromatic nitrogens is 3. The molecular weight excluding hydrogens is 330 g/mol. The molecule has 0 aliphatic heterocycles. The van der Waals surface area contributed by atoms with Crippen molar-refractivity contribution in [2.75, 3.05) is 0 Å². The minimum absolute atomic E-state index is 0.0920. The number of Topliss-reactive ketones (excluding diaryl/α,β-unsaturated/α-hetero) is 1. The SMILES string of the molecule is CCc1ccc(C(=O)[C@@H](C)Sc2n[nH]c(-c3ccc(C)cc3)n2)cc1. The predicted octanol–water partition coefficient (Wildman–Crippen LogP) is 4.71. The van der Waals surface area contributed by atoms with Gasteiger partial charge in [-0.15, -0.1) is 5.10 Å². The van der Waals surface area contributed by atoms with Gasteiger partial charge < -0.3 is 0 Å². The highest BCUT2D eigenvalue weighted by Crippen LogP contribution is 2.25. The number of carbonyl (C=O) groups excluding carboxylic acids is 1. The van der Waals surface area contributed by atoms with Crippen molar-refractivity contribution < 1.29 is 4.79 Å². The monoisotopic (exact) mass is 351 g/mol. The average molecular weight is 351 g/mol. The summed E-state index contributed by atoms with van der Waals surface area (Å²) >= 11 is 1.37. The van der Waals surface area contributed by atoms with Crippen LogP contribution in [-0.2, 0) is 6.42 Å². The molecule has 1 heterocycles. The lowest BCUT2D eigenvalue weighted by Crippen LogP contribution is -2.13. The standard InChI is InChI=1S/C20H21N3OS/c1-4-15-7-11-16(12-8-15)18(24)14(3)25-20-21-19(22-23-20)17-9-5-13(2)6-10-17/h5-12,14H,4H2,1-3H3,(H,21,22,23)/t14-/m1/s1. The molecule has 1 atom stereocenters. The summed E-state index contributed by atoms with van der Waals surface area (Å²) in [5.74, 6) is 0.809. The third-order valence-corrected chi connectivity index (χ3v) is 5.05. The number of benzene rings is 2. The number of nitrogens with one attached hydrogen (secondary N) is 1. The van der Waals surface area contributed by atoms with Crippen molar-refractivity contribution in [2.45, 2.75) is 37.6 Å². The number of thioether (sulfide) groups is 1. The minimum Gasteiger partial charge on any atom is -0.293 e. The molecule has 128 valence electrons. The third kappa shape index (κ3) is 4.17. The molecule has 4 nitrogen and oxygen atoms in total. The van der Waals surface area contributed by atoms with Gasteiger partial charge in [-0.1, -0.05) is 72.8 Å². The van der Waals surface area contributed by atoms with Gasteiger partial charge in [0, 0.05) is 11.1 Å². The molecule has 0 saturated heterocycles. The minimum atomic E-state index is -0.242. The van der Waals surface area contributed by atoms with Crippen molar-refractivity contribution in [3.05, 3.63) is 65.2 Å². The van der Waals surface area contributed by atoms with E-state index < -0.39 is 0 Å². The maximum absolute atomic E-state index is 12.6. The Labute approximate surface area is 152 Å². The summed E-state index contributed by atoms with van der Waals surface area (Å²) in [5, 5.41) is 7.52. The van der Waals surface area contributed by atoms with Crippen LogP contribution in [0.2, 0.25) is 0 Å². The lowest BCUT2D eigenvalue weighted by molar-refractivity contribution is 0.0994. The van der Waals surface area contributed by atoms with Crippen molar-refractivity contribution in [3.8, 4) is 11.4 Å². The summed E-state index contributed by atoms with van der Waals surface area (Å²) in [5.41, 5.74) is 4.14. The quantitative estimate of drug-likeness (QED) is 0.516. The Morgan fingerprint density at radius 1 is 1.12 bits per heavy atom. The molecule has 2 aromatic carbocycles. The maximum atomic E-state index is 12.6. The van der Waals surface area contributed by atoms with E-state index in [9.17, 15) is 4.79 Å². The average Bonchev–Trinajstić information content (AvgIpc) is 3.10. The first-order chi connectivity index (χ1) is 12.1. The zero-order valence-electron chi connectivity index (χ0n) is 14.6. The highest BCUT2D eigenvalue weighted by atomic mass is 32.2. The van der Waals surface area contributed by atoms with Gasteiger partial charge in [0.25, 0.3) is 0 Å². The van der Waals surface area contributed by atoms with Crippen molar-refractivity contribution in [1.29, 1.82) is 0 Å². The van der Waals surface area contributed by atoms with E-state index in [2.05, 4.69) is 22.1 Å². The van der Waals surface area contributed by atoms with Crippen LogP contribution in [0.15, 0.2) is 53.7 Å². The van der Waals surface area contributed by atoms with Gasteiger partial charge in [0.15, 0.2) is 11.6 Å². The molecule has 5 heteroatoms. The predicted molar refractivity (Wildman–Crippen MR) is 102 cm³/mol. The molecule has 0 radical (unpaired) electrons. The lowest BCUT2D eigenvalue weighted by Gasteiger charge is -2.08. The zero-order valence-corrected chi connectivity index (χ0v) is 15.4. The number of H-pyrrole nitrogens is 1. The van der Waals surface area contributed by atoms with Crippen molar-refractivity contribution >= 4 is 17.5 Å². The van der Waals surface area contributed by atoms with Gasteiger partial charge in [0.2, 0.25) is 5.16 Å². The number of aromatic amines is 1. The van der Waals surface area contributed by atoms with Gasteiger partial charge >= 0.3 is 0 Å². The second-order valence-corrected chi connectivity index (χ2v) is 7.32. The number of carbonyl (C=O) groups is 1. The Hall–Kier alpha value is -2.40. The molecule has 1 N–H and O–H groups in total. The molecule has 25 heavy (non-hydrogen) atoms. The third-order valence-electron chi connectivity index (χ3n) is 4.09. The summed E-state index contributed by atoms with van der Waals surface area (Å²) in [6.45, 7) is 6.04. The molecule has 3 rings (SSSR count). The molecule has 0 bridgehead atoms. The summed E-state index contributed by atoms with van der Waals surface area (Å²) < 4.78 is 0. The first-order valence-electron chi connectivity index (χ1n) is 8.36. The lowest BCUT2D eigenvalue weighted by atomic mass is 10.1. The number of rotatable bonds is 6. The second kappa shape index (κ2) is 7.66. The Kier molecular flexibility index (Phi) is 5.34. The van der Waals surface area contributed by atoms with E-state index in [1.54, 1.807) is 0 Å². The van der Waals surface area contributed by atoms with Crippen LogP contribution in [0, 0.1) is 6.92 Å². The van der Waals surface area contributed by atoms with Crippen molar-refractivity contribution in [2.24, 2.45) is 0 Å². The Balaban J connectivity index is 1.69. The highest BCUT2D eigenvalue weighted by molar-refractivity contribution is 8.00. The number of aryl methyl sites for hydroxylation is 2. The second-order valence-electron chi connectivity index (χ2n) is 6.01. The molecule has 0 amide bonds. The van der Waals surface area contributed by atoms with E-state index in [1.807, 2.05) is 62.4 Å². The number of ketones is 1. The molecule has 1 aromatic heterocycles. The highest BCUT2D eigenvalue weighted by Gasteiger charge is 2.19. The number of hydrogen-bond donors (Lipinski definition) is 1. The largest absolute Gasteiger partial charge is 0.293 e. The van der Waals surface area contributed by atoms with Crippen LogP contribution in [0.5, 0.6) is 0 Å². The first-order valence-corrected chi connectivity index (χ1v) is 9.24. The van der Waals surface area contributed by atoms with Gasteiger partial charge in [-0.05, 0) is 25.8 Å². The Bertz CT molecular complexity index is 853. The van der Waals surface area contributed by atoms with Crippen LogP contribution in [0.4, 0.5) is 0 Å². The van der Waals surface area contributed by atoms with Gasteiger partial charge in [-0.25, -0.2) is 4.98 Å². The van der Waals surface area contributed by atoms with Crippen LogP contribution in [0.25, 0.3) is 11.4 Å². The van der Waals surface area contributed by atoms with E-state index in [-0.39, 0.29) is 11.0 Å². The molecule has 0 unspecified atom stereocenters. The number of hydrogen-bond acceptors (Lipinski definition) is 4. The van der Waals surface area contributed by atoms with Crippen LogP contribution >= 0.6 is 11.8 Å². The van der Waals surface area contributed by atoms with Gasteiger partial charge in [-0.2, -0.15) is 0 Å². The molecule has 0 saturated carbocycles. The fourth-order valence-corrected chi connectivity index (χ4v) is 3.29. The van der Waals surface area contributed by atoms with Crippen molar-refractivity contribution in [3.63, 3.8) is 0 Å². The molecule has 0 aliphatic rings. The van der Waals surface area contributed by atoms with Gasteiger partial charge in [0.05, 0.1) is 5.25 Å². The fourth-order valence-electron chi connectivity index (χ4n) is 2.49. The summed E-state index contributed by atoms with van der Waals surface area (Å²) in [7, 11) is 0. The molecule has 0 aliphatic carbocycles. The fraction of sp³-hybridized carbons (Fsp3) is 0.250. The van der Waals surface area contributed by atoms with Crippen LogP contribution in [0.1, 0.15) is 35.3 Å². The van der Waals surface area contributed by atoms with Gasteiger partial charge in [-0.3, -0.25) is 9.89 Å². The summed E-state index contributed by atoms with van der Waals surface area (Å²) in [6.07, 6.45) is 0.970. The first kappa shape index (κ1) is 17.4. The Morgan fingerprint density at radius 2 is 1.80 bits per heavy atom. The van der Waals surface area contributed by atoms with Crippen LogP contribution in [-0.4, -0.2) is 26.2 Å². The summed E-state index contributed by atoms with van der Waals surface area (Å²) in [6, 6.07) is 15.9. The smallest absolute Gasteiger partial charge is 0.209 e. The molecule has 0 spiro atoms. The van der Waals surface area contributed by atoms with Gasteiger partial charge in [0.1, 0.15) is 0 Å². The topological polar surface area (TPSA) is 58.6 Å². The normalized spacial score (nSPS) is 12.1. The summed E-state index contributed by atoms with van der Waals surface area (Å²) in [4.78, 5) is 17.1. The van der Waals surface area contributed by atoms with Crippen LogP contribution in [0.3, 0.4) is 0 Å². The molecular formula is C20H21N3OS. The van der Waals surface area contributed by atoms with Crippen molar-refractivity contribution in [1.82, 2.24) is 15.2 Å². The molecule has 0 fully saturated rings. The van der Waals surface area contributed by atoms with E-state index >= 15 is 0 Å². The zero-order chi connectivity index (χ0) is 17.8. The van der Waals surface area contributed by atoms with E-state index in [0.29, 0.717) is 5.16 Å². The van der Waals surface area contributed by atoms with E-state index in [0.717, 1.165) is 23.4 Å². The Morgan fingerprint density at radius 3 is 2.44 bits per heavy atom. The maximum Gasteiger partial charge on any atom is 0.209 e. The molecule has 3 aromatic rings. The van der Waals surface area contributed by atoms with Crippen LogP contribution < -0.4 is 0 Å². The van der Waals surface area contributed by atoms with E-state index in [4.69, 9.17) is 0 Å². The number of nitrogens with zero attached hydrogens (tertiary/aromatic N) is 2.